The van der Waals surface area contributed by atoms with Crippen molar-refractivity contribution in [3.05, 3.63) is 32.6 Å². The van der Waals surface area contributed by atoms with Crippen LogP contribution in [0.25, 0.3) is 0 Å². The lowest BCUT2D eigenvalue weighted by Gasteiger charge is -2.28. The number of β-amino-alcohol motifs (C(OH)–C–C–N with tert-alkyl or cyclic N) is 1. The molecule has 1 aromatic rings. The lowest BCUT2D eigenvalue weighted by molar-refractivity contribution is 0.115. The minimum Gasteiger partial charge on any atom is -0.392 e. The van der Waals surface area contributed by atoms with Gasteiger partial charge in [-0.2, -0.15) is 0 Å². The molecular weight excluding hydrogens is 210 g/mol. The van der Waals surface area contributed by atoms with Crippen molar-refractivity contribution in [3.8, 4) is 0 Å². The number of nitrogens with one attached hydrogen (secondary N) is 2. The molecule has 16 heavy (non-hydrogen) atoms. The van der Waals surface area contributed by atoms with Gasteiger partial charge in [0.25, 0.3) is 5.56 Å². The second-order valence-electron chi connectivity index (χ2n) is 4.18. The molecule has 6 heteroatoms. The molecular formula is C10H15N3O3. The molecule has 0 aromatic carbocycles. The summed E-state index contributed by atoms with van der Waals surface area (Å²) in [6.45, 7) is 2.83. The number of hydrogen-bond acceptors (Lipinski definition) is 4. The highest BCUT2D eigenvalue weighted by atomic mass is 16.3. The number of aromatic amines is 1. The maximum absolute atomic E-state index is 11.6. The van der Waals surface area contributed by atoms with Gasteiger partial charge < -0.3 is 10.4 Å². The number of H-pyrrole nitrogens is 1. The van der Waals surface area contributed by atoms with E-state index in [1.54, 1.807) is 13.1 Å². The fourth-order valence-electron chi connectivity index (χ4n) is 1.97. The van der Waals surface area contributed by atoms with Gasteiger partial charge in [-0.3, -0.25) is 14.3 Å². The zero-order valence-electron chi connectivity index (χ0n) is 9.06. The summed E-state index contributed by atoms with van der Waals surface area (Å²) in [6.07, 6.45) is 1.63. The molecule has 0 aliphatic carbocycles. The Labute approximate surface area is 91.9 Å². The van der Waals surface area contributed by atoms with Crippen LogP contribution >= 0.6 is 0 Å². The van der Waals surface area contributed by atoms with Gasteiger partial charge in [0, 0.05) is 24.8 Å². The van der Waals surface area contributed by atoms with Crippen molar-refractivity contribution in [1.29, 1.82) is 0 Å². The number of aryl methyl sites for hydroxylation is 1. The molecule has 0 spiro atoms. The van der Waals surface area contributed by atoms with Crippen LogP contribution in [0.1, 0.15) is 18.0 Å². The third-order valence-electron chi connectivity index (χ3n) is 2.84. The highest BCUT2D eigenvalue weighted by Gasteiger charge is 2.22. The number of aliphatic hydroxyl groups is 1. The van der Waals surface area contributed by atoms with E-state index in [1.807, 2.05) is 0 Å². The van der Waals surface area contributed by atoms with Crippen molar-refractivity contribution in [1.82, 2.24) is 14.9 Å². The van der Waals surface area contributed by atoms with Crippen molar-refractivity contribution in [2.24, 2.45) is 0 Å². The van der Waals surface area contributed by atoms with Crippen LogP contribution in [-0.4, -0.2) is 33.9 Å². The van der Waals surface area contributed by atoms with Crippen LogP contribution in [-0.2, 0) is 0 Å². The molecule has 2 heterocycles. The predicted molar refractivity (Wildman–Crippen MR) is 58.6 cm³/mol. The summed E-state index contributed by atoms with van der Waals surface area (Å²) >= 11 is 0. The minimum atomic E-state index is -0.446. The summed E-state index contributed by atoms with van der Waals surface area (Å²) in [4.78, 5) is 25.1. The SMILES string of the molecule is Cc1cn([C@@H]2CNC[C@H](O)C2)c(=O)[nH]c1=O. The molecule has 1 saturated heterocycles. The van der Waals surface area contributed by atoms with Gasteiger partial charge in [-0.25, -0.2) is 4.79 Å². The molecule has 88 valence electrons. The second-order valence-corrected chi connectivity index (χ2v) is 4.18. The fraction of sp³-hybridized carbons (Fsp3) is 0.600. The number of aliphatic hydroxyl groups excluding tert-OH is 1. The second kappa shape index (κ2) is 4.23. The molecule has 1 aliphatic rings. The Balaban J connectivity index is 2.36. The molecule has 0 saturated carbocycles. The van der Waals surface area contributed by atoms with Crippen molar-refractivity contribution in [3.63, 3.8) is 0 Å². The van der Waals surface area contributed by atoms with Crippen LogP contribution in [0, 0.1) is 6.92 Å². The number of aromatic nitrogens is 2. The van der Waals surface area contributed by atoms with Gasteiger partial charge in [-0.1, -0.05) is 0 Å². The molecule has 0 unspecified atom stereocenters. The van der Waals surface area contributed by atoms with E-state index >= 15 is 0 Å². The summed E-state index contributed by atoms with van der Waals surface area (Å²) in [7, 11) is 0. The summed E-state index contributed by atoms with van der Waals surface area (Å²) < 4.78 is 1.48. The van der Waals surface area contributed by atoms with Gasteiger partial charge >= 0.3 is 5.69 Å². The zero-order chi connectivity index (χ0) is 11.7. The maximum Gasteiger partial charge on any atom is 0.328 e. The summed E-state index contributed by atoms with van der Waals surface area (Å²) in [6, 6.07) is -0.105. The molecule has 3 N–H and O–H groups in total. The van der Waals surface area contributed by atoms with E-state index in [0.29, 0.717) is 25.1 Å². The molecule has 6 nitrogen and oxygen atoms in total. The standard InChI is InChI=1S/C10H15N3O3/c1-6-5-13(10(16)12-9(6)15)7-2-8(14)4-11-3-7/h5,7-8,11,14H,2-4H2,1H3,(H,12,15,16)/t7-,8+/m0/s1. The Morgan fingerprint density at radius 2 is 2.19 bits per heavy atom. The van der Waals surface area contributed by atoms with Crippen LogP contribution in [0.5, 0.6) is 0 Å². The van der Waals surface area contributed by atoms with Crippen molar-refractivity contribution >= 4 is 0 Å². The molecule has 0 amide bonds. The van der Waals surface area contributed by atoms with Crippen molar-refractivity contribution in [2.75, 3.05) is 13.1 Å². The monoisotopic (exact) mass is 225 g/mol. The number of rotatable bonds is 1. The van der Waals surface area contributed by atoms with Crippen LogP contribution in [0.3, 0.4) is 0 Å². The van der Waals surface area contributed by atoms with Crippen molar-refractivity contribution < 1.29 is 5.11 Å². The van der Waals surface area contributed by atoms with Crippen LogP contribution in [0.4, 0.5) is 0 Å². The van der Waals surface area contributed by atoms with E-state index in [0.717, 1.165) is 0 Å². The smallest absolute Gasteiger partial charge is 0.328 e. The Morgan fingerprint density at radius 3 is 2.88 bits per heavy atom. The molecule has 1 fully saturated rings. The van der Waals surface area contributed by atoms with Gasteiger partial charge in [-0.15, -0.1) is 0 Å². The first-order chi connectivity index (χ1) is 7.58. The summed E-state index contributed by atoms with van der Waals surface area (Å²) in [5, 5.41) is 12.5. The van der Waals surface area contributed by atoms with E-state index in [9.17, 15) is 14.7 Å². The van der Waals surface area contributed by atoms with Crippen LogP contribution in [0.15, 0.2) is 15.8 Å². The highest BCUT2D eigenvalue weighted by Crippen LogP contribution is 2.14. The Kier molecular flexibility index (Phi) is 2.93. The first-order valence-corrected chi connectivity index (χ1v) is 5.29. The average molecular weight is 225 g/mol. The van der Waals surface area contributed by atoms with E-state index in [1.165, 1.54) is 4.57 Å². The first-order valence-electron chi connectivity index (χ1n) is 5.29. The van der Waals surface area contributed by atoms with Gasteiger partial charge in [0.05, 0.1) is 12.1 Å². The molecule has 1 aromatic heterocycles. The van der Waals surface area contributed by atoms with Crippen LogP contribution in [0.2, 0.25) is 0 Å². The van der Waals surface area contributed by atoms with Gasteiger partial charge in [0.15, 0.2) is 0 Å². The largest absolute Gasteiger partial charge is 0.392 e. The number of hydrogen-bond donors (Lipinski definition) is 3. The minimum absolute atomic E-state index is 0.105. The van der Waals surface area contributed by atoms with Gasteiger partial charge in [0.1, 0.15) is 0 Å². The van der Waals surface area contributed by atoms with E-state index < -0.39 is 11.8 Å². The molecule has 1 aliphatic heterocycles. The summed E-state index contributed by atoms with van der Waals surface area (Å²) in [5.74, 6) is 0. The van der Waals surface area contributed by atoms with Gasteiger partial charge in [0.2, 0.25) is 0 Å². The Morgan fingerprint density at radius 1 is 1.44 bits per heavy atom. The first kappa shape index (κ1) is 11.1. The van der Waals surface area contributed by atoms with E-state index in [-0.39, 0.29) is 11.6 Å². The highest BCUT2D eigenvalue weighted by molar-refractivity contribution is 5.02. The molecule has 0 radical (unpaired) electrons. The number of piperidine rings is 1. The van der Waals surface area contributed by atoms with E-state index in [4.69, 9.17) is 0 Å². The lowest BCUT2D eigenvalue weighted by Crippen LogP contribution is -2.44. The van der Waals surface area contributed by atoms with E-state index in [2.05, 4.69) is 10.3 Å². The summed E-state index contributed by atoms with van der Waals surface area (Å²) in [5.41, 5.74) is -0.276. The quantitative estimate of drug-likeness (QED) is 0.557. The Bertz CT molecular complexity index is 491. The fourth-order valence-corrected chi connectivity index (χ4v) is 1.97. The van der Waals surface area contributed by atoms with Crippen LogP contribution < -0.4 is 16.6 Å². The third-order valence-corrected chi connectivity index (χ3v) is 2.84. The van der Waals surface area contributed by atoms with Gasteiger partial charge in [-0.05, 0) is 13.3 Å². The predicted octanol–water partition coefficient (Wildman–Crippen LogP) is -1.26. The molecule has 2 atom stereocenters. The number of nitrogens with zero attached hydrogens (tertiary/aromatic N) is 1. The average Bonchev–Trinajstić information content (AvgIpc) is 2.23. The topological polar surface area (TPSA) is 87.1 Å². The normalized spacial score (nSPS) is 25.6. The molecule has 0 bridgehead atoms. The molecule has 2 rings (SSSR count). The Hall–Kier alpha value is -1.40. The zero-order valence-corrected chi connectivity index (χ0v) is 9.06. The van der Waals surface area contributed by atoms with Crippen molar-refractivity contribution in [2.45, 2.75) is 25.5 Å². The lowest BCUT2D eigenvalue weighted by atomic mass is 10.1. The maximum atomic E-state index is 11.6. The third kappa shape index (κ3) is 2.07.